The maximum Gasteiger partial charge on any atom is 0.248 e. The highest BCUT2D eigenvalue weighted by Gasteiger charge is 2.42. The van der Waals surface area contributed by atoms with Crippen LogP contribution in [0.15, 0.2) is 54.6 Å². The third-order valence-electron chi connectivity index (χ3n) is 4.25. The number of benzene rings is 2. The van der Waals surface area contributed by atoms with Crippen LogP contribution >= 0.6 is 11.8 Å². The Morgan fingerprint density at radius 2 is 1.77 bits per heavy atom. The Morgan fingerprint density at radius 1 is 1.12 bits per heavy atom. The van der Waals surface area contributed by atoms with Crippen molar-refractivity contribution in [2.75, 3.05) is 11.1 Å². The van der Waals surface area contributed by atoms with Crippen LogP contribution in [0.25, 0.3) is 0 Å². The number of hydrogen-bond acceptors (Lipinski definition) is 3. The van der Waals surface area contributed by atoms with E-state index in [2.05, 4.69) is 5.32 Å². The molecule has 0 unspecified atom stereocenters. The van der Waals surface area contributed by atoms with Crippen molar-refractivity contribution in [3.8, 4) is 0 Å². The molecule has 1 heterocycles. The minimum atomic E-state index is -0.565. The lowest BCUT2D eigenvalue weighted by atomic mass is 10.1. The van der Waals surface area contributed by atoms with Gasteiger partial charge in [-0.3, -0.25) is 9.59 Å². The standard InChI is InChI=1S/C20H21FN2O2S/c1-13(2)19(25)23-17(12-26-20(23)14-6-4-3-5-7-14)18(24)22-16-10-8-15(21)9-11-16/h3-11,13,17,20H,12H2,1-2H3,(H,22,24)/t17-,20-/m0/s1. The summed E-state index contributed by atoms with van der Waals surface area (Å²) in [6.07, 6.45) is 0. The van der Waals surface area contributed by atoms with Gasteiger partial charge in [-0.25, -0.2) is 4.39 Å². The Balaban J connectivity index is 1.84. The second kappa shape index (κ2) is 7.91. The van der Waals surface area contributed by atoms with Gasteiger partial charge < -0.3 is 10.2 Å². The van der Waals surface area contributed by atoms with E-state index in [-0.39, 0.29) is 28.9 Å². The average molecular weight is 372 g/mol. The lowest BCUT2D eigenvalue weighted by Gasteiger charge is -2.30. The molecule has 4 nitrogen and oxygen atoms in total. The normalized spacial score (nSPS) is 19.6. The van der Waals surface area contributed by atoms with Crippen molar-refractivity contribution >= 4 is 29.3 Å². The fourth-order valence-corrected chi connectivity index (χ4v) is 4.35. The SMILES string of the molecule is CC(C)C(=O)N1[C@H](C(=O)Nc2ccc(F)cc2)CS[C@H]1c1ccccc1. The Hall–Kier alpha value is -2.34. The van der Waals surface area contributed by atoms with E-state index < -0.39 is 6.04 Å². The first kappa shape index (κ1) is 18.5. The van der Waals surface area contributed by atoms with Gasteiger partial charge in [0.2, 0.25) is 11.8 Å². The summed E-state index contributed by atoms with van der Waals surface area (Å²) in [5.41, 5.74) is 1.52. The fraction of sp³-hybridized carbons (Fsp3) is 0.300. The zero-order valence-electron chi connectivity index (χ0n) is 14.7. The lowest BCUT2D eigenvalue weighted by Crippen LogP contribution is -2.46. The van der Waals surface area contributed by atoms with Crippen LogP contribution in [-0.4, -0.2) is 28.5 Å². The van der Waals surface area contributed by atoms with E-state index in [1.54, 1.807) is 16.7 Å². The molecule has 2 aromatic rings. The zero-order chi connectivity index (χ0) is 18.7. The summed E-state index contributed by atoms with van der Waals surface area (Å²) in [6.45, 7) is 3.67. The first-order valence-electron chi connectivity index (χ1n) is 8.52. The molecule has 1 fully saturated rings. The molecule has 1 aliphatic rings. The first-order valence-corrected chi connectivity index (χ1v) is 9.57. The van der Waals surface area contributed by atoms with Crippen LogP contribution in [0.1, 0.15) is 24.8 Å². The Morgan fingerprint density at radius 3 is 2.38 bits per heavy atom. The Kier molecular flexibility index (Phi) is 5.61. The van der Waals surface area contributed by atoms with Crippen molar-refractivity contribution in [3.05, 3.63) is 66.0 Å². The van der Waals surface area contributed by atoms with Crippen LogP contribution in [0.5, 0.6) is 0 Å². The van der Waals surface area contributed by atoms with Gasteiger partial charge in [0.05, 0.1) is 0 Å². The molecule has 0 bridgehead atoms. The van der Waals surface area contributed by atoms with Crippen LogP contribution in [0.3, 0.4) is 0 Å². The summed E-state index contributed by atoms with van der Waals surface area (Å²) >= 11 is 1.58. The second-order valence-electron chi connectivity index (χ2n) is 6.51. The molecule has 0 spiro atoms. The third-order valence-corrected chi connectivity index (χ3v) is 5.57. The van der Waals surface area contributed by atoms with Crippen molar-refractivity contribution in [3.63, 3.8) is 0 Å². The van der Waals surface area contributed by atoms with Gasteiger partial charge in [-0.15, -0.1) is 11.8 Å². The highest BCUT2D eigenvalue weighted by Crippen LogP contribution is 2.42. The minimum absolute atomic E-state index is 0.0527. The summed E-state index contributed by atoms with van der Waals surface area (Å²) < 4.78 is 13.1. The van der Waals surface area contributed by atoms with Gasteiger partial charge in [0.15, 0.2) is 0 Å². The van der Waals surface area contributed by atoms with Gasteiger partial charge >= 0.3 is 0 Å². The molecule has 2 aromatic carbocycles. The fourth-order valence-electron chi connectivity index (χ4n) is 2.91. The number of rotatable bonds is 4. The first-order chi connectivity index (χ1) is 12.5. The number of hydrogen-bond donors (Lipinski definition) is 1. The number of carbonyl (C=O) groups is 2. The molecule has 136 valence electrons. The number of thioether (sulfide) groups is 1. The van der Waals surface area contributed by atoms with Crippen LogP contribution in [0.2, 0.25) is 0 Å². The molecule has 3 rings (SSSR count). The van der Waals surface area contributed by atoms with Crippen molar-refractivity contribution in [2.24, 2.45) is 5.92 Å². The number of carbonyl (C=O) groups excluding carboxylic acids is 2. The van der Waals surface area contributed by atoms with Gasteiger partial charge in [-0.2, -0.15) is 0 Å². The number of nitrogens with zero attached hydrogens (tertiary/aromatic N) is 1. The Bertz CT molecular complexity index is 780. The van der Waals surface area contributed by atoms with Gasteiger partial charge in [-0.05, 0) is 29.8 Å². The van der Waals surface area contributed by atoms with Gasteiger partial charge in [0.1, 0.15) is 17.2 Å². The third kappa shape index (κ3) is 3.90. The van der Waals surface area contributed by atoms with Crippen molar-refractivity contribution < 1.29 is 14.0 Å². The molecule has 0 aromatic heterocycles. The number of anilines is 1. The van der Waals surface area contributed by atoms with Gasteiger partial charge in [0.25, 0.3) is 0 Å². The van der Waals surface area contributed by atoms with Gasteiger partial charge in [0, 0.05) is 17.4 Å². The average Bonchev–Trinajstić information content (AvgIpc) is 3.08. The van der Waals surface area contributed by atoms with E-state index in [9.17, 15) is 14.0 Å². The molecule has 6 heteroatoms. The molecule has 2 atom stereocenters. The molecule has 1 saturated heterocycles. The molecule has 2 amide bonds. The highest BCUT2D eigenvalue weighted by molar-refractivity contribution is 7.99. The quantitative estimate of drug-likeness (QED) is 0.880. The molecule has 0 aliphatic carbocycles. The van der Waals surface area contributed by atoms with E-state index >= 15 is 0 Å². The topological polar surface area (TPSA) is 49.4 Å². The lowest BCUT2D eigenvalue weighted by molar-refractivity contribution is -0.140. The summed E-state index contributed by atoms with van der Waals surface area (Å²) in [7, 11) is 0. The van der Waals surface area contributed by atoms with E-state index in [0.29, 0.717) is 11.4 Å². The molecule has 1 aliphatic heterocycles. The van der Waals surface area contributed by atoms with E-state index in [1.165, 1.54) is 24.3 Å². The van der Waals surface area contributed by atoms with E-state index in [0.717, 1.165) is 5.56 Å². The van der Waals surface area contributed by atoms with Crippen molar-refractivity contribution in [2.45, 2.75) is 25.3 Å². The number of amides is 2. The summed E-state index contributed by atoms with van der Waals surface area (Å²) in [6, 6.07) is 14.8. The largest absolute Gasteiger partial charge is 0.324 e. The van der Waals surface area contributed by atoms with Gasteiger partial charge in [-0.1, -0.05) is 44.2 Å². The van der Waals surface area contributed by atoms with Crippen LogP contribution in [0, 0.1) is 11.7 Å². The van der Waals surface area contributed by atoms with Crippen LogP contribution in [0.4, 0.5) is 10.1 Å². The predicted octanol–water partition coefficient (Wildman–Crippen LogP) is 4.06. The molecular weight excluding hydrogens is 351 g/mol. The highest BCUT2D eigenvalue weighted by atomic mass is 32.2. The number of nitrogens with one attached hydrogen (secondary N) is 1. The van der Waals surface area contributed by atoms with Crippen molar-refractivity contribution in [1.82, 2.24) is 4.90 Å². The van der Waals surface area contributed by atoms with E-state index in [4.69, 9.17) is 0 Å². The monoisotopic (exact) mass is 372 g/mol. The zero-order valence-corrected chi connectivity index (χ0v) is 15.5. The minimum Gasteiger partial charge on any atom is -0.324 e. The Labute approximate surface area is 156 Å². The smallest absolute Gasteiger partial charge is 0.248 e. The maximum absolute atomic E-state index is 13.1. The molecule has 26 heavy (non-hydrogen) atoms. The number of halogens is 1. The molecular formula is C20H21FN2O2S. The summed E-state index contributed by atoms with van der Waals surface area (Å²) in [5.74, 6) is -0.355. The van der Waals surface area contributed by atoms with Crippen molar-refractivity contribution in [1.29, 1.82) is 0 Å². The van der Waals surface area contributed by atoms with E-state index in [1.807, 2.05) is 44.2 Å². The molecule has 1 N–H and O–H groups in total. The molecule has 0 radical (unpaired) electrons. The second-order valence-corrected chi connectivity index (χ2v) is 7.62. The molecule has 0 saturated carbocycles. The maximum atomic E-state index is 13.1. The van der Waals surface area contributed by atoms with Crippen LogP contribution < -0.4 is 5.32 Å². The van der Waals surface area contributed by atoms with Crippen LogP contribution in [-0.2, 0) is 9.59 Å². The summed E-state index contributed by atoms with van der Waals surface area (Å²) in [4.78, 5) is 27.3. The summed E-state index contributed by atoms with van der Waals surface area (Å²) in [5, 5.41) is 2.61. The predicted molar refractivity (Wildman–Crippen MR) is 102 cm³/mol.